The first kappa shape index (κ1) is 11.6. The molecule has 0 unspecified atom stereocenters. The lowest BCUT2D eigenvalue weighted by Gasteiger charge is -2.08. The number of nitrogens with two attached hydrogens (primary N) is 1. The zero-order valence-corrected chi connectivity index (χ0v) is 10.2. The summed E-state index contributed by atoms with van der Waals surface area (Å²) in [6.45, 7) is 0.532. The Morgan fingerprint density at radius 1 is 1.11 bits per heavy atom. The molecular weight excluding hydrogens is 243 g/mol. The highest BCUT2D eigenvalue weighted by molar-refractivity contribution is 5.81. The van der Waals surface area contributed by atoms with Crippen molar-refractivity contribution >= 4 is 22.3 Å². The van der Waals surface area contributed by atoms with Gasteiger partial charge < -0.3 is 15.5 Å². The van der Waals surface area contributed by atoms with Crippen molar-refractivity contribution in [3.8, 4) is 0 Å². The molecule has 4 heteroatoms. The largest absolute Gasteiger partial charge is 0.464 e. The smallest absolute Gasteiger partial charge is 0.148 e. The number of anilines is 2. The molecule has 1 aromatic heterocycles. The highest BCUT2D eigenvalue weighted by Gasteiger charge is 2.07. The lowest BCUT2D eigenvalue weighted by Crippen LogP contribution is -2.03. The molecule has 0 aliphatic heterocycles. The van der Waals surface area contributed by atoms with Crippen molar-refractivity contribution in [1.29, 1.82) is 0 Å². The van der Waals surface area contributed by atoms with Crippen molar-refractivity contribution in [2.45, 2.75) is 6.54 Å². The summed E-state index contributed by atoms with van der Waals surface area (Å²) >= 11 is 0. The van der Waals surface area contributed by atoms with Crippen LogP contribution in [0.2, 0.25) is 0 Å². The van der Waals surface area contributed by atoms with Crippen LogP contribution in [-0.4, -0.2) is 0 Å². The Morgan fingerprint density at radius 2 is 1.95 bits per heavy atom. The second-order valence-electron chi connectivity index (χ2n) is 4.31. The van der Waals surface area contributed by atoms with Gasteiger partial charge in [-0.2, -0.15) is 0 Å². The van der Waals surface area contributed by atoms with E-state index >= 15 is 0 Å². The minimum absolute atomic E-state index is 0.135. The van der Waals surface area contributed by atoms with E-state index in [9.17, 15) is 4.39 Å². The Kier molecular flexibility index (Phi) is 2.83. The number of furan rings is 1. The summed E-state index contributed by atoms with van der Waals surface area (Å²) in [6, 6.07) is 12.5. The normalized spacial score (nSPS) is 10.8. The molecule has 0 saturated heterocycles. The van der Waals surface area contributed by atoms with Crippen LogP contribution in [-0.2, 0) is 6.54 Å². The fraction of sp³-hybridized carbons (Fsp3) is 0.0667. The van der Waals surface area contributed by atoms with Gasteiger partial charge in [0, 0.05) is 17.5 Å². The predicted octanol–water partition coefficient (Wildman–Crippen LogP) is 3.77. The minimum Gasteiger partial charge on any atom is -0.464 e. The van der Waals surface area contributed by atoms with Gasteiger partial charge in [0.05, 0.1) is 17.6 Å². The van der Waals surface area contributed by atoms with Gasteiger partial charge in [0.1, 0.15) is 11.4 Å². The van der Waals surface area contributed by atoms with Crippen LogP contribution in [0.1, 0.15) is 5.56 Å². The van der Waals surface area contributed by atoms with Gasteiger partial charge >= 0.3 is 0 Å². The van der Waals surface area contributed by atoms with E-state index in [1.807, 2.05) is 24.3 Å². The quantitative estimate of drug-likeness (QED) is 0.701. The zero-order chi connectivity index (χ0) is 13.2. The molecule has 0 fully saturated rings. The van der Waals surface area contributed by atoms with Gasteiger partial charge in [-0.3, -0.25) is 0 Å². The first-order valence-electron chi connectivity index (χ1n) is 5.98. The SMILES string of the molecule is Nc1c(F)cccc1NCc1coc2ccccc12. The molecule has 1 heterocycles. The Bertz CT molecular complexity index is 721. The van der Waals surface area contributed by atoms with Crippen LogP contribution in [0.5, 0.6) is 0 Å². The molecule has 3 rings (SSSR count). The van der Waals surface area contributed by atoms with Gasteiger partial charge in [0.25, 0.3) is 0 Å². The fourth-order valence-corrected chi connectivity index (χ4v) is 2.05. The van der Waals surface area contributed by atoms with Crippen molar-refractivity contribution in [3.63, 3.8) is 0 Å². The molecule has 0 atom stereocenters. The topological polar surface area (TPSA) is 51.2 Å². The number of rotatable bonds is 3. The fourth-order valence-electron chi connectivity index (χ4n) is 2.05. The molecule has 2 aromatic carbocycles. The molecule has 0 spiro atoms. The predicted molar refractivity (Wildman–Crippen MR) is 74.4 cm³/mol. The van der Waals surface area contributed by atoms with Crippen LogP contribution in [0.25, 0.3) is 11.0 Å². The molecule has 0 amide bonds. The molecule has 3 nitrogen and oxygen atoms in total. The summed E-state index contributed by atoms with van der Waals surface area (Å²) in [5.41, 5.74) is 8.25. The molecule has 3 N–H and O–H groups in total. The van der Waals surface area contributed by atoms with E-state index in [1.54, 1.807) is 18.4 Å². The van der Waals surface area contributed by atoms with E-state index in [0.717, 1.165) is 16.5 Å². The third kappa shape index (κ3) is 2.12. The van der Waals surface area contributed by atoms with Gasteiger partial charge in [0.2, 0.25) is 0 Å². The number of fused-ring (bicyclic) bond motifs is 1. The number of nitrogen functional groups attached to an aromatic ring is 1. The van der Waals surface area contributed by atoms with Crippen LogP contribution in [0, 0.1) is 5.82 Å². The number of halogens is 1. The third-order valence-corrected chi connectivity index (χ3v) is 3.08. The molecule has 0 aliphatic rings. The molecule has 19 heavy (non-hydrogen) atoms. The van der Waals surface area contributed by atoms with Crippen LogP contribution in [0.4, 0.5) is 15.8 Å². The number of nitrogens with one attached hydrogen (secondary N) is 1. The van der Waals surface area contributed by atoms with Crippen molar-refractivity contribution in [3.05, 3.63) is 60.1 Å². The van der Waals surface area contributed by atoms with E-state index in [2.05, 4.69) is 5.32 Å². The molecule has 0 bridgehead atoms. The lowest BCUT2D eigenvalue weighted by molar-refractivity contribution is 0.611. The van der Waals surface area contributed by atoms with Gasteiger partial charge in [-0.25, -0.2) is 4.39 Å². The number of para-hydroxylation sites is 2. The number of hydrogen-bond donors (Lipinski definition) is 2. The summed E-state index contributed by atoms with van der Waals surface area (Å²) in [7, 11) is 0. The highest BCUT2D eigenvalue weighted by atomic mass is 19.1. The number of hydrogen-bond acceptors (Lipinski definition) is 3. The zero-order valence-electron chi connectivity index (χ0n) is 10.2. The van der Waals surface area contributed by atoms with Crippen molar-refractivity contribution in [2.75, 3.05) is 11.1 Å². The Labute approximate surface area is 109 Å². The summed E-state index contributed by atoms with van der Waals surface area (Å²) in [6.07, 6.45) is 1.70. The number of benzene rings is 2. The minimum atomic E-state index is -0.415. The maximum absolute atomic E-state index is 13.3. The van der Waals surface area contributed by atoms with Crippen molar-refractivity contribution in [1.82, 2.24) is 0 Å². The second-order valence-corrected chi connectivity index (χ2v) is 4.31. The molecule has 0 aliphatic carbocycles. The third-order valence-electron chi connectivity index (χ3n) is 3.08. The van der Waals surface area contributed by atoms with E-state index in [1.165, 1.54) is 6.07 Å². The van der Waals surface area contributed by atoms with Gasteiger partial charge in [-0.05, 0) is 18.2 Å². The van der Waals surface area contributed by atoms with Crippen molar-refractivity contribution < 1.29 is 8.81 Å². The average molecular weight is 256 g/mol. The molecule has 96 valence electrons. The maximum atomic E-state index is 13.3. The van der Waals surface area contributed by atoms with Crippen LogP contribution < -0.4 is 11.1 Å². The van der Waals surface area contributed by atoms with Gasteiger partial charge in [0.15, 0.2) is 0 Å². The lowest BCUT2D eigenvalue weighted by atomic mass is 10.1. The van der Waals surface area contributed by atoms with Gasteiger partial charge in [-0.15, -0.1) is 0 Å². The van der Waals surface area contributed by atoms with E-state index in [-0.39, 0.29) is 5.69 Å². The Balaban J connectivity index is 1.84. The monoisotopic (exact) mass is 256 g/mol. The average Bonchev–Trinajstić information content (AvgIpc) is 2.84. The molecular formula is C15H13FN2O. The standard InChI is InChI=1S/C15H13FN2O/c16-12-5-3-6-13(15(12)17)18-8-10-9-19-14-7-2-1-4-11(10)14/h1-7,9,18H,8,17H2. The molecule has 0 radical (unpaired) electrons. The molecule has 0 saturated carbocycles. The highest BCUT2D eigenvalue weighted by Crippen LogP contribution is 2.24. The summed E-state index contributed by atoms with van der Waals surface area (Å²) in [5.74, 6) is -0.415. The first-order valence-corrected chi connectivity index (χ1v) is 5.98. The van der Waals surface area contributed by atoms with E-state index in [4.69, 9.17) is 10.2 Å². The van der Waals surface area contributed by atoms with Crippen LogP contribution in [0.3, 0.4) is 0 Å². The summed E-state index contributed by atoms with van der Waals surface area (Å²) in [4.78, 5) is 0. The van der Waals surface area contributed by atoms with E-state index < -0.39 is 5.82 Å². The Hall–Kier alpha value is -2.49. The maximum Gasteiger partial charge on any atom is 0.148 e. The molecule has 3 aromatic rings. The Morgan fingerprint density at radius 3 is 2.84 bits per heavy atom. The second kappa shape index (κ2) is 4.65. The van der Waals surface area contributed by atoms with E-state index in [0.29, 0.717) is 12.2 Å². The first-order chi connectivity index (χ1) is 9.25. The summed E-state index contributed by atoms with van der Waals surface area (Å²) < 4.78 is 18.8. The summed E-state index contributed by atoms with van der Waals surface area (Å²) in [5, 5.41) is 4.17. The van der Waals surface area contributed by atoms with Crippen molar-refractivity contribution in [2.24, 2.45) is 0 Å². The van der Waals surface area contributed by atoms with Gasteiger partial charge in [-0.1, -0.05) is 24.3 Å². The van der Waals surface area contributed by atoms with Crippen LogP contribution >= 0.6 is 0 Å². The van der Waals surface area contributed by atoms with Crippen LogP contribution in [0.15, 0.2) is 53.1 Å².